The summed E-state index contributed by atoms with van der Waals surface area (Å²) < 4.78 is 6.83. The van der Waals surface area contributed by atoms with Crippen LogP contribution in [-0.4, -0.2) is 41.4 Å². The van der Waals surface area contributed by atoms with E-state index in [4.69, 9.17) is 10.5 Å². The van der Waals surface area contributed by atoms with Gasteiger partial charge in [-0.2, -0.15) is 5.10 Å². The predicted octanol–water partition coefficient (Wildman–Crippen LogP) is 1.35. The highest BCUT2D eigenvalue weighted by Gasteiger charge is 2.04. The number of hydrogen-bond acceptors (Lipinski definition) is 4. The van der Waals surface area contributed by atoms with Crippen LogP contribution < -0.4 is 16.4 Å². The van der Waals surface area contributed by atoms with Crippen molar-refractivity contribution in [2.45, 2.75) is 26.4 Å². The molecule has 8 heteroatoms. The molecule has 1 heterocycles. The van der Waals surface area contributed by atoms with E-state index in [2.05, 4.69) is 20.7 Å². The predicted molar refractivity (Wildman–Crippen MR) is 102 cm³/mol. The number of guanidine groups is 1. The molecule has 8 nitrogen and oxygen atoms in total. The summed E-state index contributed by atoms with van der Waals surface area (Å²) in [5.41, 5.74) is 7.53. The molecule has 0 aliphatic heterocycles. The Balaban J connectivity index is 1.78. The van der Waals surface area contributed by atoms with Gasteiger partial charge in [0.25, 0.3) is 0 Å². The second kappa shape index (κ2) is 10.9. The zero-order chi connectivity index (χ0) is 18.6. The van der Waals surface area contributed by atoms with E-state index < -0.39 is 0 Å². The monoisotopic (exact) mass is 358 g/mol. The summed E-state index contributed by atoms with van der Waals surface area (Å²) in [6, 6.07) is 9.31. The molecule has 2 aromatic rings. The number of aromatic nitrogens is 2. The van der Waals surface area contributed by atoms with Gasteiger partial charge in [-0.15, -0.1) is 0 Å². The molecule has 0 unspecified atom stereocenters. The Morgan fingerprint density at radius 1 is 1.38 bits per heavy atom. The number of nitrogens with one attached hydrogen (secondary N) is 2. The average Bonchev–Trinajstić information content (AvgIpc) is 3.13. The molecule has 2 rings (SSSR count). The lowest BCUT2D eigenvalue weighted by Gasteiger charge is -2.08. The minimum Gasteiger partial charge on any atom is -0.382 e. The number of benzene rings is 1. The van der Waals surface area contributed by atoms with Gasteiger partial charge in [-0.1, -0.05) is 12.1 Å². The van der Waals surface area contributed by atoms with Crippen molar-refractivity contribution < 1.29 is 9.53 Å². The molecular weight excluding hydrogens is 332 g/mol. The summed E-state index contributed by atoms with van der Waals surface area (Å²) >= 11 is 0. The number of carbonyl (C=O) groups is 1. The molecule has 0 radical (unpaired) electrons. The minimum atomic E-state index is -0.134. The number of nitrogens with zero attached hydrogens (tertiary/aromatic N) is 3. The van der Waals surface area contributed by atoms with E-state index in [1.807, 2.05) is 31.2 Å². The summed E-state index contributed by atoms with van der Waals surface area (Å²) in [5, 5.41) is 9.92. The van der Waals surface area contributed by atoms with Crippen molar-refractivity contribution in [3.63, 3.8) is 0 Å². The summed E-state index contributed by atoms with van der Waals surface area (Å²) in [5.74, 6) is 0.263. The molecule has 0 aliphatic carbocycles. The van der Waals surface area contributed by atoms with Crippen molar-refractivity contribution in [1.29, 1.82) is 0 Å². The molecule has 1 aromatic heterocycles. The van der Waals surface area contributed by atoms with Gasteiger partial charge >= 0.3 is 0 Å². The largest absolute Gasteiger partial charge is 0.382 e. The first kappa shape index (κ1) is 19.5. The van der Waals surface area contributed by atoms with Crippen LogP contribution in [0.25, 0.3) is 0 Å². The lowest BCUT2D eigenvalue weighted by Crippen LogP contribution is -2.32. The highest BCUT2D eigenvalue weighted by molar-refractivity contribution is 5.90. The average molecular weight is 358 g/mol. The van der Waals surface area contributed by atoms with Gasteiger partial charge in [-0.25, -0.2) is 4.99 Å². The molecule has 0 saturated heterocycles. The van der Waals surface area contributed by atoms with Gasteiger partial charge in [0.1, 0.15) is 6.54 Å². The number of rotatable bonds is 10. The van der Waals surface area contributed by atoms with Crippen LogP contribution in [0.15, 0.2) is 47.7 Å². The van der Waals surface area contributed by atoms with Gasteiger partial charge < -0.3 is 21.1 Å². The summed E-state index contributed by atoms with van der Waals surface area (Å²) in [4.78, 5) is 16.3. The molecule has 0 atom stereocenters. The molecule has 0 fully saturated rings. The summed E-state index contributed by atoms with van der Waals surface area (Å²) in [6.45, 7) is 4.73. The molecule has 0 aliphatic rings. The van der Waals surface area contributed by atoms with Crippen LogP contribution >= 0.6 is 0 Å². The second-order valence-corrected chi connectivity index (χ2v) is 5.63. The number of hydrogen-bond donors (Lipinski definition) is 3. The molecule has 1 amide bonds. The fraction of sp³-hybridized carbons (Fsp3) is 0.389. The van der Waals surface area contributed by atoms with E-state index in [1.54, 1.807) is 23.1 Å². The molecular formula is C18H26N6O2. The van der Waals surface area contributed by atoms with Gasteiger partial charge in [-0.05, 0) is 37.1 Å². The van der Waals surface area contributed by atoms with Gasteiger partial charge in [0.05, 0.1) is 6.54 Å². The first-order valence-electron chi connectivity index (χ1n) is 8.65. The van der Waals surface area contributed by atoms with Crippen LogP contribution in [0.1, 0.15) is 18.9 Å². The van der Waals surface area contributed by atoms with E-state index in [0.717, 1.165) is 30.8 Å². The smallest absolute Gasteiger partial charge is 0.246 e. The van der Waals surface area contributed by atoms with Gasteiger partial charge in [0.15, 0.2) is 5.96 Å². The standard InChI is InChI=1S/C18H26N6O2/c1-2-26-11-5-8-20-18(19)21-13-15-6-3-7-16(12-15)23-17(25)14-24-10-4-9-22-24/h3-4,6-7,9-10,12H,2,5,8,11,13-14H2,1H3,(H,23,25)(H3,19,20,21). The van der Waals surface area contributed by atoms with Crippen LogP contribution in [0.5, 0.6) is 0 Å². The topological polar surface area (TPSA) is 107 Å². The Morgan fingerprint density at radius 2 is 2.27 bits per heavy atom. The first-order chi connectivity index (χ1) is 12.7. The van der Waals surface area contributed by atoms with Crippen molar-refractivity contribution >= 4 is 17.6 Å². The zero-order valence-corrected chi connectivity index (χ0v) is 15.0. The van der Waals surface area contributed by atoms with E-state index >= 15 is 0 Å². The van der Waals surface area contributed by atoms with Crippen molar-refractivity contribution in [3.05, 3.63) is 48.3 Å². The third kappa shape index (κ3) is 7.35. The molecule has 26 heavy (non-hydrogen) atoms. The van der Waals surface area contributed by atoms with Crippen LogP contribution in [0, 0.1) is 0 Å². The third-order valence-corrected chi connectivity index (χ3v) is 3.48. The maximum absolute atomic E-state index is 12.0. The van der Waals surface area contributed by atoms with Crippen molar-refractivity contribution in [3.8, 4) is 0 Å². The number of nitrogens with two attached hydrogens (primary N) is 1. The van der Waals surface area contributed by atoms with Crippen LogP contribution in [0.2, 0.25) is 0 Å². The second-order valence-electron chi connectivity index (χ2n) is 5.63. The van der Waals surface area contributed by atoms with E-state index in [1.165, 1.54) is 0 Å². The van der Waals surface area contributed by atoms with Crippen LogP contribution in [0.4, 0.5) is 5.69 Å². The lowest BCUT2D eigenvalue weighted by atomic mass is 10.2. The van der Waals surface area contributed by atoms with Gasteiger partial charge in [0, 0.05) is 37.8 Å². The molecule has 4 N–H and O–H groups in total. The normalized spacial score (nSPS) is 11.3. The van der Waals surface area contributed by atoms with E-state index in [9.17, 15) is 4.79 Å². The molecule has 1 aromatic carbocycles. The Kier molecular flexibility index (Phi) is 8.14. The van der Waals surface area contributed by atoms with Crippen molar-refractivity contribution in [2.75, 3.05) is 25.1 Å². The van der Waals surface area contributed by atoms with E-state index in [-0.39, 0.29) is 12.5 Å². The summed E-state index contributed by atoms with van der Waals surface area (Å²) in [7, 11) is 0. The van der Waals surface area contributed by atoms with Crippen LogP contribution in [0.3, 0.4) is 0 Å². The number of anilines is 1. The number of amides is 1. The SMILES string of the molecule is CCOCCCNC(N)=NCc1cccc(NC(=O)Cn2cccn2)c1. The third-order valence-electron chi connectivity index (χ3n) is 3.48. The van der Waals surface area contributed by atoms with Gasteiger partial charge in [0.2, 0.25) is 5.91 Å². The molecule has 140 valence electrons. The van der Waals surface area contributed by atoms with Crippen molar-refractivity contribution in [1.82, 2.24) is 15.1 Å². The number of ether oxygens (including phenoxy) is 1. The molecule has 0 saturated carbocycles. The number of aliphatic imine (C=N–C) groups is 1. The fourth-order valence-electron chi connectivity index (χ4n) is 2.26. The first-order valence-corrected chi connectivity index (χ1v) is 8.65. The van der Waals surface area contributed by atoms with E-state index in [0.29, 0.717) is 19.1 Å². The Morgan fingerprint density at radius 3 is 3.04 bits per heavy atom. The summed E-state index contributed by atoms with van der Waals surface area (Å²) in [6.07, 6.45) is 4.26. The zero-order valence-electron chi connectivity index (χ0n) is 15.0. The highest BCUT2D eigenvalue weighted by Crippen LogP contribution is 2.11. The molecule has 0 spiro atoms. The number of carbonyl (C=O) groups excluding carboxylic acids is 1. The maximum Gasteiger partial charge on any atom is 0.246 e. The quantitative estimate of drug-likeness (QED) is 0.338. The Hall–Kier alpha value is -2.87. The minimum absolute atomic E-state index is 0.134. The highest BCUT2D eigenvalue weighted by atomic mass is 16.5. The Bertz CT molecular complexity index is 699. The van der Waals surface area contributed by atoms with Crippen LogP contribution in [-0.2, 0) is 22.6 Å². The van der Waals surface area contributed by atoms with Crippen molar-refractivity contribution in [2.24, 2.45) is 10.7 Å². The fourth-order valence-corrected chi connectivity index (χ4v) is 2.26. The molecule has 0 bridgehead atoms. The lowest BCUT2D eigenvalue weighted by molar-refractivity contribution is -0.116. The maximum atomic E-state index is 12.0. The Labute approximate surface area is 153 Å². The van der Waals surface area contributed by atoms with Gasteiger partial charge in [-0.3, -0.25) is 9.48 Å².